The minimum absolute atomic E-state index is 0.107. The van der Waals surface area contributed by atoms with Crippen LogP contribution >= 0.6 is 0 Å². The Morgan fingerprint density at radius 1 is 1.38 bits per heavy atom. The second-order valence-electron chi connectivity index (χ2n) is 5.21. The van der Waals surface area contributed by atoms with E-state index in [1.807, 2.05) is 13.0 Å². The largest absolute Gasteiger partial charge is 0.409 e. The number of hydrogen-bond donors (Lipinski definition) is 2. The Bertz CT molecular complexity index is 641. The fraction of sp³-hybridized carbons (Fsp3) is 0.500. The fourth-order valence-corrected chi connectivity index (χ4v) is 4.16. The minimum atomic E-state index is -3.63. The molecule has 0 radical (unpaired) electrons. The van der Waals surface area contributed by atoms with Gasteiger partial charge in [-0.3, -0.25) is 0 Å². The fourth-order valence-electron chi connectivity index (χ4n) is 2.60. The lowest BCUT2D eigenvalue weighted by atomic mass is 10.1. The third kappa shape index (κ3) is 3.36. The SMILES string of the molecule is CCCN(CC(N)=NO)S(=O)(=O)c1ccc2c(c1)CCC2. The third-order valence-corrected chi connectivity index (χ3v) is 5.49. The molecular weight excluding hydrogens is 290 g/mol. The third-order valence-electron chi connectivity index (χ3n) is 3.65. The molecule has 0 spiro atoms. The topological polar surface area (TPSA) is 96.0 Å². The van der Waals surface area contributed by atoms with Gasteiger partial charge in [-0.25, -0.2) is 8.42 Å². The quantitative estimate of drug-likeness (QED) is 0.358. The van der Waals surface area contributed by atoms with Crippen molar-refractivity contribution in [2.75, 3.05) is 13.1 Å². The molecule has 1 aliphatic carbocycles. The smallest absolute Gasteiger partial charge is 0.243 e. The van der Waals surface area contributed by atoms with Crippen molar-refractivity contribution >= 4 is 15.9 Å². The zero-order valence-electron chi connectivity index (χ0n) is 12.1. The normalized spacial score (nSPS) is 15.4. The van der Waals surface area contributed by atoms with Gasteiger partial charge in [0.2, 0.25) is 10.0 Å². The number of rotatable bonds is 6. The minimum Gasteiger partial charge on any atom is -0.409 e. The summed E-state index contributed by atoms with van der Waals surface area (Å²) in [6, 6.07) is 5.30. The molecule has 0 unspecified atom stereocenters. The van der Waals surface area contributed by atoms with Crippen molar-refractivity contribution in [1.29, 1.82) is 0 Å². The van der Waals surface area contributed by atoms with Crippen molar-refractivity contribution in [1.82, 2.24) is 4.31 Å². The molecule has 0 aromatic heterocycles. The van der Waals surface area contributed by atoms with Crippen LogP contribution in [-0.2, 0) is 22.9 Å². The maximum atomic E-state index is 12.7. The van der Waals surface area contributed by atoms with Crippen LogP contribution in [0.4, 0.5) is 0 Å². The van der Waals surface area contributed by atoms with E-state index in [9.17, 15) is 8.42 Å². The van der Waals surface area contributed by atoms with Crippen LogP contribution in [0.25, 0.3) is 0 Å². The molecule has 116 valence electrons. The molecule has 21 heavy (non-hydrogen) atoms. The first kappa shape index (κ1) is 15.8. The highest BCUT2D eigenvalue weighted by atomic mass is 32.2. The molecule has 0 saturated carbocycles. The predicted molar refractivity (Wildman–Crippen MR) is 80.9 cm³/mol. The zero-order valence-corrected chi connectivity index (χ0v) is 12.9. The summed E-state index contributed by atoms with van der Waals surface area (Å²) < 4.78 is 26.7. The van der Waals surface area contributed by atoms with Crippen LogP contribution in [0.3, 0.4) is 0 Å². The Kier molecular flexibility index (Phi) is 4.84. The molecule has 7 heteroatoms. The van der Waals surface area contributed by atoms with Crippen LogP contribution in [0.2, 0.25) is 0 Å². The lowest BCUT2D eigenvalue weighted by Gasteiger charge is -2.21. The Balaban J connectivity index is 2.33. The molecule has 1 aliphatic rings. The molecule has 0 bridgehead atoms. The molecule has 0 heterocycles. The number of aryl methyl sites for hydroxylation is 2. The first-order chi connectivity index (χ1) is 9.98. The van der Waals surface area contributed by atoms with Gasteiger partial charge in [0.25, 0.3) is 0 Å². The van der Waals surface area contributed by atoms with Crippen LogP contribution in [0, 0.1) is 0 Å². The van der Waals surface area contributed by atoms with Gasteiger partial charge in [-0.1, -0.05) is 18.1 Å². The number of oxime groups is 1. The van der Waals surface area contributed by atoms with E-state index >= 15 is 0 Å². The van der Waals surface area contributed by atoms with Gasteiger partial charge in [0, 0.05) is 6.54 Å². The lowest BCUT2D eigenvalue weighted by molar-refractivity contribution is 0.314. The number of amidine groups is 1. The summed E-state index contributed by atoms with van der Waals surface area (Å²) in [5, 5.41) is 11.5. The van der Waals surface area contributed by atoms with Gasteiger partial charge in [0.15, 0.2) is 5.84 Å². The van der Waals surface area contributed by atoms with Crippen LogP contribution in [0.15, 0.2) is 28.3 Å². The molecular formula is C14H21N3O3S. The second kappa shape index (κ2) is 6.44. The monoisotopic (exact) mass is 311 g/mol. The highest BCUT2D eigenvalue weighted by Gasteiger charge is 2.26. The van der Waals surface area contributed by atoms with E-state index in [1.54, 1.807) is 12.1 Å². The summed E-state index contributed by atoms with van der Waals surface area (Å²) in [5.41, 5.74) is 7.80. The summed E-state index contributed by atoms with van der Waals surface area (Å²) in [6.07, 6.45) is 3.66. The molecule has 1 aromatic rings. The summed E-state index contributed by atoms with van der Waals surface area (Å²) in [7, 11) is -3.63. The Morgan fingerprint density at radius 3 is 2.76 bits per heavy atom. The summed E-state index contributed by atoms with van der Waals surface area (Å²) in [6.45, 7) is 2.11. The van der Waals surface area contributed by atoms with E-state index in [4.69, 9.17) is 10.9 Å². The Labute approximate surface area is 125 Å². The van der Waals surface area contributed by atoms with Crippen molar-refractivity contribution < 1.29 is 13.6 Å². The van der Waals surface area contributed by atoms with E-state index in [1.165, 1.54) is 9.87 Å². The number of nitrogens with zero attached hydrogens (tertiary/aromatic N) is 2. The van der Waals surface area contributed by atoms with Crippen molar-refractivity contribution in [3.8, 4) is 0 Å². The summed E-state index contributed by atoms with van der Waals surface area (Å²) in [4.78, 5) is 0.280. The predicted octanol–water partition coefficient (Wildman–Crippen LogP) is 1.32. The number of nitrogens with two attached hydrogens (primary N) is 1. The van der Waals surface area contributed by atoms with Gasteiger partial charge in [-0.15, -0.1) is 0 Å². The van der Waals surface area contributed by atoms with E-state index in [2.05, 4.69) is 5.16 Å². The molecule has 2 rings (SSSR count). The van der Waals surface area contributed by atoms with Crippen molar-refractivity contribution in [2.45, 2.75) is 37.5 Å². The molecule has 6 nitrogen and oxygen atoms in total. The molecule has 0 aliphatic heterocycles. The lowest BCUT2D eigenvalue weighted by Crippen LogP contribution is -2.39. The van der Waals surface area contributed by atoms with E-state index in [0.29, 0.717) is 13.0 Å². The van der Waals surface area contributed by atoms with Gasteiger partial charge in [-0.2, -0.15) is 4.31 Å². The molecule has 0 fully saturated rings. The maximum Gasteiger partial charge on any atom is 0.243 e. The molecule has 0 saturated heterocycles. The average molecular weight is 311 g/mol. The number of benzene rings is 1. The highest BCUT2D eigenvalue weighted by Crippen LogP contribution is 2.26. The van der Waals surface area contributed by atoms with E-state index in [-0.39, 0.29) is 17.3 Å². The molecule has 0 atom stereocenters. The summed E-state index contributed by atoms with van der Waals surface area (Å²) in [5.74, 6) is -0.117. The zero-order chi connectivity index (χ0) is 15.5. The van der Waals surface area contributed by atoms with Gasteiger partial charge >= 0.3 is 0 Å². The van der Waals surface area contributed by atoms with Gasteiger partial charge in [0.1, 0.15) is 0 Å². The van der Waals surface area contributed by atoms with Crippen LogP contribution in [-0.4, -0.2) is 36.9 Å². The van der Waals surface area contributed by atoms with Crippen LogP contribution < -0.4 is 5.73 Å². The Hall–Kier alpha value is -1.60. The number of hydrogen-bond acceptors (Lipinski definition) is 4. The van der Waals surface area contributed by atoms with Crippen molar-refractivity contribution in [3.63, 3.8) is 0 Å². The Morgan fingerprint density at radius 2 is 2.10 bits per heavy atom. The first-order valence-corrected chi connectivity index (χ1v) is 8.51. The van der Waals surface area contributed by atoms with Gasteiger partial charge in [0.05, 0.1) is 11.4 Å². The van der Waals surface area contributed by atoms with E-state index < -0.39 is 10.0 Å². The number of fused-ring (bicyclic) bond motifs is 1. The van der Waals surface area contributed by atoms with Crippen LogP contribution in [0.5, 0.6) is 0 Å². The van der Waals surface area contributed by atoms with Gasteiger partial charge < -0.3 is 10.9 Å². The second-order valence-corrected chi connectivity index (χ2v) is 7.15. The standard InChI is InChI=1S/C14H21N3O3S/c1-2-8-17(10-14(15)16-18)21(19,20)13-7-6-11-4-3-5-12(11)9-13/h6-7,9,18H,2-5,8,10H2,1H3,(H2,15,16). The first-order valence-electron chi connectivity index (χ1n) is 7.07. The van der Waals surface area contributed by atoms with E-state index in [0.717, 1.165) is 24.8 Å². The highest BCUT2D eigenvalue weighted by molar-refractivity contribution is 7.89. The van der Waals surface area contributed by atoms with Gasteiger partial charge in [-0.05, 0) is 48.9 Å². The van der Waals surface area contributed by atoms with Crippen LogP contribution in [0.1, 0.15) is 30.9 Å². The molecule has 0 amide bonds. The summed E-state index contributed by atoms with van der Waals surface area (Å²) >= 11 is 0. The molecule has 3 N–H and O–H groups in total. The number of sulfonamides is 1. The molecule has 1 aromatic carbocycles. The average Bonchev–Trinajstić information content (AvgIpc) is 2.93. The van der Waals surface area contributed by atoms with Crippen molar-refractivity contribution in [3.05, 3.63) is 29.3 Å². The maximum absolute atomic E-state index is 12.7. The van der Waals surface area contributed by atoms with Crippen molar-refractivity contribution in [2.24, 2.45) is 10.9 Å².